The zero-order chi connectivity index (χ0) is 7.40. The van der Waals surface area contributed by atoms with E-state index in [-0.39, 0.29) is 0 Å². The van der Waals surface area contributed by atoms with Crippen molar-refractivity contribution in [2.45, 2.75) is 0 Å². The summed E-state index contributed by atoms with van der Waals surface area (Å²) in [7, 11) is 1.91. The van der Waals surface area contributed by atoms with Gasteiger partial charge in [-0.05, 0) is 0 Å². The van der Waals surface area contributed by atoms with Crippen molar-refractivity contribution in [2.75, 3.05) is 11.9 Å². The average molecular weight is 135 g/mol. The van der Waals surface area contributed by atoms with E-state index in [0.717, 1.165) is 5.95 Å². The van der Waals surface area contributed by atoms with E-state index in [9.17, 15) is 0 Å². The highest BCUT2D eigenvalue weighted by Gasteiger charge is 1.92. The molecule has 0 spiro atoms. The molecule has 1 rings (SSSR count). The zero-order valence-electron chi connectivity index (χ0n) is 5.83. The molecular formula is C7H9N3. The maximum absolute atomic E-state index is 5.05. The smallest absolute Gasteiger partial charge is 0.203 e. The summed E-state index contributed by atoms with van der Waals surface area (Å²) in [6.45, 7) is 0.519. The van der Waals surface area contributed by atoms with Crippen LogP contribution >= 0.6 is 0 Å². The molecular weight excluding hydrogens is 126 g/mol. The van der Waals surface area contributed by atoms with Crippen LogP contribution in [0.4, 0.5) is 5.95 Å². The fourth-order valence-corrected chi connectivity index (χ4v) is 0.666. The van der Waals surface area contributed by atoms with Crippen LogP contribution in [-0.4, -0.2) is 16.1 Å². The van der Waals surface area contributed by atoms with Crippen molar-refractivity contribution in [1.82, 2.24) is 9.55 Å². The summed E-state index contributed by atoms with van der Waals surface area (Å²) < 4.78 is 1.87. The lowest BCUT2D eigenvalue weighted by Gasteiger charge is -1.99. The number of hydrogen-bond donors (Lipinski definition) is 1. The minimum absolute atomic E-state index is 0.519. The lowest BCUT2D eigenvalue weighted by Crippen LogP contribution is -2.03. The second kappa shape index (κ2) is 2.92. The Morgan fingerprint density at radius 1 is 1.90 bits per heavy atom. The van der Waals surface area contributed by atoms with Gasteiger partial charge in [0.15, 0.2) is 0 Å². The standard InChI is InChI=1S/C7H9N3/c1-3-4-8-7-9-5-6-10(7)2/h1,5-6H,4H2,2H3,(H,8,9). The first-order valence-corrected chi connectivity index (χ1v) is 2.99. The number of rotatable bonds is 2. The second-order valence-electron chi connectivity index (χ2n) is 1.92. The molecule has 3 nitrogen and oxygen atoms in total. The molecule has 0 amide bonds. The zero-order valence-corrected chi connectivity index (χ0v) is 5.83. The number of aromatic nitrogens is 2. The number of aryl methyl sites for hydroxylation is 1. The van der Waals surface area contributed by atoms with Crippen LogP contribution in [0.5, 0.6) is 0 Å². The largest absolute Gasteiger partial charge is 0.345 e. The molecule has 0 saturated carbocycles. The van der Waals surface area contributed by atoms with Gasteiger partial charge in [-0.25, -0.2) is 4.98 Å². The fourth-order valence-electron chi connectivity index (χ4n) is 0.666. The molecule has 0 aliphatic rings. The molecule has 10 heavy (non-hydrogen) atoms. The summed E-state index contributed by atoms with van der Waals surface area (Å²) in [6, 6.07) is 0. The molecule has 0 aliphatic heterocycles. The third-order valence-electron chi connectivity index (χ3n) is 1.17. The molecule has 52 valence electrons. The number of nitrogens with zero attached hydrogens (tertiary/aromatic N) is 2. The molecule has 1 aromatic rings. The Labute approximate surface area is 60.1 Å². The number of terminal acetylenes is 1. The van der Waals surface area contributed by atoms with E-state index in [2.05, 4.69) is 16.2 Å². The highest BCUT2D eigenvalue weighted by atomic mass is 15.2. The average Bonchev–Trinajstić information content (AvgIpc) is 2.31. The van der Waals surface area contributed by atoms with E-state index in [4.69, 9.17) is 6.42 Å². The summed E-state index contributed by atoms with van der Waals surface area (Å²) in [5.74, 6) is 3.27. The van der Waals surface area contributed by atoms with E-state index >= 15 is 0 Å². The van der Waals surface area contributed by atoms with Crippen molar-refractivity contribution in [3.63, 3.8) is 0 Å². The van der Waals surface area contributed by atoms with Crippen LogP contribution in [0, 0.1) is 12.3 Å². The fraction of sp³-hybridized carbons (Fsp3) is 0.286. The Hall–Kier alpha value is -1.43. The molecule has 0 aliphatic carbocycles. The maximum atomic E-state index is 5.05. The van der Waals surface area contributed by atoms with Crippen LogP contribution in [0.3, 0.4) is 0 Å². The molecule has 0 radical (unpaired) electrons. The lowest BCUT2D eigenvalue weighted by atomic mass is 10.7. The van der Waals surface area contributed by atoms with E-state index in [1.165, 1.54) is 0 Å². The molecule has 1 aromatic heterocycles. The van der Waals surface area contributed by atoms with E-state index < -0.39 is 0 Å². The molecule has 0 saturated heterocycles. The van der Waals surface area contributed by atoms with Crippen LogP contribution in [0.2, 0.25) is 0 Å². The van der Waals surface area contributed by atoms with Crippen molar-refractivity contribution in [3.8, 4) is 12.3 Å². The Balaban J connectivity index is 2.59. The van der Waals surface area contributed by atoms with Crippen molar-refractivity contribution in [1.29, 1.82) is 0 Å². The highest BCUT2D eigenvalue weighted by molar-refractivity contribution is 5.27. The van der Waals surface area contributed by atoms with Gasteiger partial charge >= 0.3 is 0 Å². The van der Waals surface area contributed by atoms with E-state index in [1.807, 2.05) is 17.8 Å². The molecule has 0 atom stereocenters. The van der Waals surface area contributed by atoms with Gasteiger partial charge in [0.25, 0.3) is 0 Å². The molecule has 1 N–H and O–H groups in total. The molecule has 1 heterocycles. The van der Waals surface area contributed by atoms with Gasteiger partial charge in [0.1, 0.15) is 0 Å². The van der Waals surface area contributed by atoms with Gasteiger partial charge < -0.3 is 9.88 Å². The summed E-state index contributed by atoms with van der Waals surface area (Å²) in [5.41, 5.74) is 0. The van der Waals surface area contributed by atoms with Crippen LogP contribution < -0.4 is 5.32 Å². The number of nitrogens with one attached hydrogen (secondary N) is 1. The van der Waals surface area contributed by atoms with Crippen molar-refractivity contribution >= 4 is 5.95 Å². The summed E-state index contributed by atoms with van der Waals surface area (Å²) in [4.78, 5) is 4.01. The topological polar surface area (TPSA) is 29.9 Å². The van der Waals surface area contributed by atoms with E-state index in [1.54, 1.807) is 6.20 Å². The minimum atomic E-state index is 0.519. The van der Waals surface area contributed by atoms with Crippen molar-refractivity contribution in [3.05, 3.63) is 12.4 Å². The SMILES string of the molecule is C#CCNc1nccn1C. The third-order valence-corrected chi connectivity index (χ3v) is 1.17. The van der Waals surface area contributed by atoms with E-state index in [0.29, 0.717) is 6.54 Å². The van der Waals surface area contributed by atoms with Gasteiger partial charge in [-0.1, -0.05) is 5.92 Å². The highest BCUT2D eigenvalue weighted by Crippen LogP contribution is 1.98. The summed E-state index contributed by atoms with van der Waals surface area (Å²) in [5, 5.41) is 2.96. The molecule has 0 bridgehead atoms. The number of imidazole rings is 1. The van der Waals surface area contributed by atoms with Crippen LogP contribution in [0.1, 0.15) is 0 Å². The van der Waals surface area contributed by atoms with Crippen molar-refractivity contribution < 1.29 is 0 Å². The molecule has 0 unspecified atom stereocenters. The van der Waals surface area contributed by atoms with Gasteiger partial charge in [0.05, 0.1) is 6.54 Å². The molecule has 0 aromatic carbocycles. The van der Waals surface area contributed by atoms with Gasteiger partial charge in [-0.3, -0.25) is 0 Å². The number of hydrogen-bond acceptors (Lipinski definition) is 2. The third kappa shape index (κ3) is 1.29. The Bertz CT molecular complexity index is 244. The van der Waals surface area contributed by atoms with Crippen LogP contribution in [0.15, 0.2) is 12.4 Å². The monoisotopic (exact) mass is 135 g/mol. The summed E-state index contributed by atoms with van der Waals surface area (Å²) in [6.07, 6.45) is 8.63. The second-order valence-corrected chi connectivity index (χ2v) is 1.92. The molecule has 3 heteroatoms. The first-order chi connectivity index (χ1) is 4.84. The Kier molecular flexibility index (Phi) is 1.96. The van der Waals surface area contributed by atoms with Crippen LogP contribution in [0.25, 0.3) is 0 Å². The Morgan fingerprint density at radius 2 is 2.70 bits per heavy atom. The number of anilines is 1. The summed E-state index contributed by atoms with van der Waals surface area (Å²) >= 11 is 0. The predicted molar refractivity (Wildman–Crippen MR) is 40.5 cm³/mol. The first-order valence-electron chi connectivity index (χ1n) is 2.99. The maximum Gasteiger partial charge on any atom is 0.203 e. The van der Waals surface area contributed by atoms with Gasteiger partial charge in [0, 0.05) is 19.4 Å². The quantitative estimate of drug-likeness (QED) is 0.597. The van der Waals surface area contributed by atoms with Crippen LogP contribution in [-0.2, 0) is 7.05 Å². The van der Waals surface area contributed by atoms with Gasteiger partial charge in [0.2, 0.25) is 5.95 Å². The minimum Gasteiger partial charge on any atom is -0.345 e. The first kappa shape index (κ1) is 6.69. The Morgan fingerprint density at radius 3 is 3.20 bits per heavy atom. The normalized spacial score (nSPS) is 8.80. The van der Waals surface area contributed by atoms with Gasteiger partial charge in [-0.2, -0.15) is 0 Å². The lowest BCUT2D eigenvalue weighted by molar-refractivity contribution is 0.914. The van der Waals surface area contributed by atoms with Gasteiger partial charge in [-0.15, -0.1) is 6.42 Å². The van der Waals surface area contributed by atoms with Crippen molar-refractivity contribution in [2.24, 2.45) is 7.05 Å². The predicted octanol–water partition coefficient (Wildman–Crippen LogP) is 0.465. The molecule has 0 fully saturated rings.